The highest BCUT2D eigenvalue weighted by Gasteiger charge is 2.34. The molecule has 0 aliphatic heterocycles. The quantitative estimate of drug-likeness (QED) is 0.0447. The van der Waals surface area contributed by atoms with Crippen LogP contribution in [0.25, 0.3) is 44.5 Å². The number of ether oxygens (including phenoxy) is 4. The number of alkyl carbamates (subject to hydrolysis) is 4. The van der Waals surface area contributed by atoms with Gasteiger partial charge in [-0.1, -0.05) is 194 Å². The molecule has 4 aliphatic rings. The molecule has 12 rings (SSSR count). The summed E-state index contributed by atoms with van der Waals surface area (Å²) < 4.78 is 22.1. The SMILES string of the molecule is CN.CNC(=O)[C@H](CNC(=O)OCC1c2ccccc2-c2ccccc21)NC(=O)OCC1c2ccccc2-c2ccccc21.O=C(NC[C@H](NC(=O)OCC1c2ccccc2-c2ccccc21)C(=O)O)OCC1c2ccccc2-c2ccccc21. The summed E-state index contributed by atoms with van der Waals surface area (Å²) in [5, 5.41) is 22.1. The van der Waals surface area contributed by atoms with Gasteiger partial charge >= 0.3 is 30.3 Å². The van der Waals surface area contributed by atoms with Crippen molar-refractivity contribution in [2.24, 2.45) is 5.73 Å². The Bertz CT molecular complexity index is 3590. The zero-order valence-electron chi connectivity index (χ0n) is 46.8. The summed E-state index contributed by atoms with van der Waals surface area (Å²) >= 11 is 0. The first-order chi connectivity index (χ1) is 41.6. The number of aliphatic carboxylic acids is 1. The van der Waals surface area contributed by atoms with Gasteiger partial charge in [-0.15, -0.1) is 0 Å². The van der Waals surface area contributed by atoms with Crippen molar-refractivity contribution in [2.75, 3.05) is 53.6 Å². The van der Waals surface area contributed by atoms with Crippen molar-refractivity contribution < 1.29 is 52.8 Å². The smallest absolute Gasteiger partial charge is 0.407 e. The van der Waals surface area contributed by atoms with Gasteiger partial charge in [0.25, 0.3) is 0 Å². The van der Waals surface area contributed by atoms with E-state index in [1.54, 1.807) is 0 Å². The van der Waals surface area contributed by atoms with Crippen LogP contribution in [0.15, 0.2) is 194 Å². The number of carboxylic acids is 1. The Hall–Kier alpha value is -10.3. The number of benzene rings is 8. The summed E-state index contributed by atoms with van der Waals surface area (Å²) in [7, 11) is 2.96. The predicted molar refractivity (Wildman–Crippen MR) is 322 cm³/mol. The molecule has 0 spiro atoms. The zero-order valence-corrected chi connectivity index (χ0v) is 46.8. The molecule has 0 unspecified atom stereocenters. The van der Waals surface area contributed by atoms with Crippen molar-refractivity contribution in [2.45, 2.75) is 35.8 Å². The van der Waals surface area contributed by atoms with Gasteiger partial charge in [-0.3, -0.25) is 4.79 Å². The van der Waals surface area contributed by atoms with Gasteiger partial charge in [0.2, 0.25) is 5.91 Å². The number of fused-ring (bicyclic) bond motifs is 12. The van der Waals surface area contributed by atoms with Crippen LogP contribution in [0.2, 0.25) is 0 Å². The summed E-state index contributed by atoms with van der Waals surface area (Å²) in [5.74, 6) is -2.25. The second-order valence-electron chi connectivity index (χ2n) is 20.4. The molecule has 0 heterocycles. The molecule has 0 saturated carbocycles. The molecule has 8 aromatic carbocycles. The van der Waals surface area contributed by atoms with Crippen LogP contribution in [0.5, 0.6) is 0 Å². The van der Waals surface area contributed by atoms with Crippen LogP contribution < -0.4 is 32.3 Å². The normalized spacial score (nSPS) is 13.4. The number of carboxylic acid groups (broad SMARTS) is 1. The van der Waals surface area contributed by atoms with Crippen LogP contribution in [0.4, 0.5) is 19.2 Å². The highest BCUT2D eigenvalue weighted by atomic mass is 16.6. The summed E-state index contributed by atoms with van der Waals surface area (Å²) in [4.78, 5) is 74.8. The van der Waals surface area contributed by atoms with Gasteiger partial charge in [0.15, 0.2) is 0 Å². The molecule has 8 aromatic rings. The van der Waals surface area contributed by atoms with Gasteiger partial charge in [-0.2, -0.15) is 0 Å². The lowest BCUT2D eigenvalue weighted by atomic mass is 9.98. The largest absolute Gasteiger partial charge is 0.480 e. The van der Waals surface area contributed by atoms with Gasteiger partial charge in [0.05, 0.1) is 13.1 Å². The van der Waals surface area contributed by atoms with Crippen LogP contribution in [-0.2, 0) is 28.5 Å². The summed E-state index contributed by atoms with van der Waals surface area (Å²) in [6, 6.07) is 61.6. The van der Waals surface area contributed by atoms with E-state index in [9.17, 15) is 33.9 Å². The fourth-order valence-corrected chi connectivity index (χ4v) is 11.8. The monoisotopic (exact) mass is 1140 g/mol. The topological polar surface area (TPSA) is 246 Å². The molecule has 85 heavy (non-hydrogen) atoms. The third-order valence-electron chi connectivity index (χ3n) is 15.7. The highest BCUT2D eigenvalue weighted by Crippen LogP contribution is 2.48. The van der Waals surface area contributed by atoms with Gasteiger partial charge in [-0.05, 0) is 96.1 Å². The molecule has 17 nitrogen and oxygen atoms in total. The van der Waals surface area contributed by atoms with Crippen molar-refractivity contribution in [1.29, 1.82) is 0 Å². The lowest BCUT2D eigenvalue weighted by Gasteiger charge is -2.20. The second-order valence-corrected chi connectivity index (χ2v) is 20.4. The Kier molecular flexibility index (Phi) is 18.2. The zero-order chi connectivity index (χ0) is 59.4. The van der Waals surface area contributed by atoms with E-state index in [1.165, 1.54) is 14.1 Å². The molecular weight excluding hydrogens is 1080 g/mol. The number of likely N-dealkylation sites (N-methyl/N-ethyl adjacent to an activating group) is 1. The van der Waals surface area contributed by atoms with Gasteiger partial charge < -0.3 is 56.4 Å². The second kappa shape index (κ2) is 26.8. The average molecular weight is 1140 g/mol. The van der Waals surface area contributed by atoms with Gasteiger partial charge in [0.1, 0.15) is 38.5 Å². The van der Waals surface area contributed by atoms with E-state index in [4.69, 9.17) is 18.9 Å². The standard InChI is InChI=1S/C34H31N3O5.C33H28N2O6.CH5N/c1-35-32(38)31(37-34(40)42-20-30-27-16-8-4-12-23(27)24-13-5-9-17-28(24)30)18-36-33(39)41-19-29-25-14-6-2-10-21(25)22-11-3-7-15-26(22)29;36-31(37)30(35-33(39)41-19-29-26-15-7-3-11-22(26)23-12-4-8-16-27(23)29)17-34-32(38)40-18-28-24-13-5-1-9-20(24)21-10-2-6-14-25(21)28;1-2/h2-17,29-31H,18-20H2,1H3,(H,35,38)(H,36,39)(H,37,40);1-16,28-30H,17-19H2,(H,34,38)(H,35,39)(H,36,37);2H2,1H3/t31-;30-;/m00./s1. The van der Waals surface area contributed by atoms with Crippen LogP contribution in [0.3, 0.4) is 0 Å². The number of nitrogens with two attached hydrogens (primary N) is 1. The Morgan fingerprint density at radius 2 is 0.576 bits per heavy atom. The Labute approximate surface area is 491 Å². The van der Waals surface area contributed by atoms with Crippen LogP contribution in [0, 0.1) is 0 Å². The third-order valence-corrected chi connectivity index (χ3v) is 15.7. The summed E-state index contributed by atoms with van der Waals surface area (Å²) in [6.45, 7) is -0.134. The molecule has 0 bridgehead atoms. The number of hydrogen-bond acceptors (Lipinski definition) is 11. The third kappa shape index (κ3) is 12.6. The van der Waals surface area contributed by atoms with Crippen molar-refractivity contribution in [3.63, 3.8) is 0 Å². The minimum absolute atomic E-state index is 0.0476. The van der Waals surface area contributed by atoms with Crippen molar-refractivity contribution >= 4 is 36.2 Å². The number of carbonyl (C=O) groups excluding carboxylic acids is 5. The van der Waals surface area contributed by atoms with Gasteiger partial charge in [-0.25, -0.2) is 24.0 Å². The van der Waals surface area contributed by atoms with E-state index >= 15 is 0 Å². The Morgan fingerprint density at radius 3 is 0.812 bits per heavy atom. The molecule has 2 atom stereocenters. The molecule has 0 radical (unpaired) electrons. The fraction of sp³-hybridized carbons (Fsp3) is 0.206. The van der Waals surface area contributed by atoms with E-state index in [0.29, 0.717) is 0 Å². The molecule has 8 N–H and O–H groups in total. The van der Waals surface area contributed by atoms with E-state index < -0.39 is 48.3 Å². The first-order valence-corrected chi connectivity index (χ1v) is 28.0. The van der Waals surface area contributed by atoms with Crippen LogP contribution in [-0.4, -0.2) is 107 Å². The number of nitrogens with one attached hydrogen (secondary N) is 5. The van der Waals surface area contributed by atoms with E-state index in [2.05, 4.69) is 56.6 Å². The molecule has 0 fully saturated rings. The predicted octanol–water partition coefficient (Wildman–Crippen LogP) is 10.3. The maximum Gasteiger partial charge on any atom is 0.407 e. The first kappa shape index (κ1) is 58.0. The maximum atomic E-state index is 12.8. The van der Waals surface area contributed by atoms with E-state index in [0.717, 1.165) is 89.0 Å². The van der Waals surface area contributed by atoms with Crippen LogP contribution >= 0.6 is 0 Å². The fourth-order valence-electron chi connectivity index (χ4n) is 11.8. The molecular formula is C68H64N6O11. The van der Waals surface area contributed by atoms with Crippen molar-refractivity contribution in [3.8, 4) is 44.5 Å². The number of hydrogen-bond donors (Lipinski definition) is 7. The maximum absolute atomic E-state index is 12.8. The molecule has 5 amide bonds. The minimum atomic E-state index is -1.40. The van der Waals surface area contributed by atoms with E-state index in [1.807, 2.05) is 170 Å². The number of amides is 5. The summed E-state index contributed by atoms with van der Waals surface area (Å²) in [6.07, 6.45) is -3.08. The summed E-state index contributed by atoms with van der Waals surface area (Å²) in [5.41, 5.74) is 22.0. The molecule has 17 heteroatoms. The van der Waals surface area contributed by atoms with Crippen molar-refractivity contribution in [3.05, 3.63) is 239 Å². The molecule has 0 saturated heterocycles. The lowest BCUT2D eigenvalue weighted by molar-refractivity contribution is -0.139. The minimum Gasteiger partial charge on any atom is -0.480 e. The Balaban J connectivity index is 0.000000184. The van der Waals surface area contributed by atoms with Crippen LogP contribution in [0.1, 0.15) is 68.2 Å². The number of carbonyl (C=O) groups is 6. The Morgan fingerprint density at radius 1 is 0.365 bits per heavy atom. The average Bonchev–Trinajstić information content (AvgIpc) is 4.31. The van der Waals surface area contributed by atoms with E-state index in [-0.39, 0.29) is 63.2 Å². The molecule has 0 aromatic heterocycles. The first-order valence-electron chi connectivity index (χ1n) is 28.0. The lowest BCUT2D eigenvalue weighted by Crippen LogP contribution is -2.52. The highest BCUT2D eigenvalue weighted by molar-refractivity contribution is 5.87. The van der Waals surface area contributed by atoms with Crippen molar-refractivity contribution in [1.82, 2.24) is 26.6 Å². The molecule has 432 valence electrons. The molecule has 4 aliphatic carbocycles. The number of rotatable bonds is 16. The van der Waals surface area contributed by atoms with Gasteiger partial charge in [0, 0.05) is 30.7 Å².